The molecule has 0 saturated carbocycles. The second kappa shape index (κ2) is 11.0. The van der Waals surface area contributed by atoms with Gasteiger partial charge >= 0.3 is 0 Å². The molecule has 0 aromatic rings. The minimum Gasteiger partial charge on any atom is -0.395 e. The van der Waals surface area contributed by atoms with Gasteiger partial charge in [-0.1, -0.05) is 6.92 Å². The van der Waals surface area contributed by atoms with Crippen LogP contribution in [0.3, 0.4) is 0 Å². The van der Waals surface area contributed by atoms with E-state index in [1.165, 1.54) is 0 Å². The molecule has 0 amide bonds. The monoisotopic (exact) mass is 287 g/mol. The van der Waals surface area contributed by atoms with E-state index >= 15 is 0 Å². The van der Waals surface area contributed by atoms with Crippen molar-refractivity contribution in [3.63, 3.8) is 0 Å². The molecular formula is C7H18IN3O. The predicted molar refractivity (Wildman–Crippen MR) is 62.2 cm³/mol. The molecule has 0 fully saturated rings. The molecule has 0 bridgehead atoms. The smallest absolute Gasteiger partial charge is 0.191 e. The van der Waals surface area contributed by atoms with Crippen molar-refractivity contribution in [1.82, 2.24) is 10.6 Å². The Balaban J connectivity index is 0. The summed E-state index contributed by atoms with van der Waals surface area (Å²) in [6, 6.07) is 0. The first-order chi connectivity index (χ1) is 5.35. The van der Waals surface area contributed by atoms with Gasteiger partial charge in [-0.15, -0.1) is 24.0 Å². The third-order valence-corrected chi connectivity index (χ3v) is 1.17. The molecule has 12 heavy (non-hydrogen) atoms. The van der Waals surface area contributed by atoms with E-state index in [4.69, 9.17) is 5.11 Å². The molecule has 74 valence electrons. The molecule has 0 unspecified atom stereocenters. The lowest BCUT2D eigenvalue weighted by molar-refractivity contribution is 0.300. The van der Waals surface area contributed by atoms with E-state index in [0.717, 1.165) is 18.9 Å². The molecular weight excluding hydrogens is 269 g/mol. The highest BCUT2D eigenvalue weighted by atomic mass is 127. The van der Waals surface area contributed by atoms with Gasteiger partial charge in [0.1, 0.15) is 0 Å². The maximum atomic E-state index is 8.49. The minimum absolute atomic E-state index is 0. The lowest BCUT2D eigenvalue weighted by atomic mass is 10.5. The maximum absolute atomic E-state index is 8.49. The summed E-state index contributed by atoms with van der Waals surface area (Å²) in [7, 11) is 1.71. The number of nitrogens with one attached hydrogen (secondary N) is 2. The van der Waals surface area contributed by atoms with Gasteiger partial charge in [0.25, 0.3) is 0 Å². The number of aliphatic hydroxyl groups excluding tert-OH is 1. The highest BCUT2D eigenvalue weighted by molar-refractivity contribution is 14.0. The summed E-state index contributed by atoms with van der Waals surface area (Å²) in [5, 5.41) is 14.5. The Hall–Kier alpha value is -0.0400. The highest BCUT2D eigenvalue weighted by Gasteiger charge is 1.91. The van der Waals surface area contributed by atoms with Gasteiger partial charge in [-0.25, -0.2) is 0 Å². The summed E-state index contributed by atoms with van der Waals surface area (Å²) < 4.78 is 0. The standard InChI is InChI=1S/C7H17N3O.HI/c1-3-4-9-7(8-2)10-5-6-11;/h11H,3-6H2,1-2H3,(H2,8,9,10);1H. The van der Waals surface area contributed by atoms with Crippen LogP contribution < -0.4 is 10.6 Å². The second-order valence-corrected chi connectivity index (χ2v) is 2.15. The third-order valence-electron chi connectivity index (χ3n) is 1.17. The van der Waals surface area contributed by atoms with Crippen LogP contribution in [0.25, 0.3) is 0 Å². The molecule has 0 heterocycles. The number of guanidine groups is 1. The number of hydrogen-bond donors (Lipinski definition) is 3. The molecule has 0 radical (unpaired) electrons. The zero-order valence-corrected chi connectivity index (χ0v) is 9.96. The van der Waals surface area contributed by atoms with Crippen LogP contribution in [0.2, 0.25) is 0 Å². The van der Waals surface area contributed by atoms with Crippen LogP contribution in [0.15, 0.2) is 4.99 Å². The van der Waals surface area contributed by atoms with E-state index in [1.807, 2.05) is 0 Å². The van der Waals surface area contributed by atoms with Crippen molar-refractivity contribution in [2.75, 3.05) is 26.7 Å². The van der Waals surface area contributed by atoms with Crippen molar-refractivity contribution in [1.29, 1.82) is 0 Å². The fourth-order valence-electron chi connectivity index (χ4n) is 0.638. The topological polar surface area (TPSA) is 56.7 Å². The summed E-state index contributed by atoms with van der Waals surface area (Å²) >= 11 is 0. The molecule has 3 N–H and O–H groups in total. The van der Waals surface area contributed by atoms with Crippen LogP contribution in [-0.2, 0) is 0 Å². The number of nitrogens with zero attached hydrogens (tertiary/aromatic N) is 1. The first kappa shape index (κ1) is 14.5. The second-order valence-electron chi connectivity index (χ2n) is 2.15. The Labute approximate surface area is 90.9 Å². The van der Waals surface area contributed by atoms with Crippen LogP contribution in [0.1, 0.15) is 13.3 Å². The molecule has 5 heteroatoms. The van der Waals surface area contributed by atoms with Gasteiger partial charge < -0.3 is 15.7 Å². The van der Waals surface area contributed by atoms with Crippen molar-refractivity contribution in [3.05, 3.63) is 0 Å². The van der Waals surface area contributed by atoms with Crippen molar-refractivity contribution >= 4 is 29.9 Å². The lowest BCUT2D eigenvalue weighted by Crippen LogP contribution is -2.38. The predicted octanol–water partition coefficient (Wildman–Crippen LogP) is 0.172. The minimum atomic E-state index is 0. The summed E-state index contributed by atoms with van der Waals surface area (Å²) in [5.41, 5.74) is 0. The van der Waals surface area contributed by atoms with Gasteiger partial charge in [0.05, 0.1) is 6.61 Å². The van der Waals surface area contributed by atoms with E-state index in [-0.39, 0.29) is 30.6 Å². The zero-order chi connectivity index (χ0) is 8.53. The average molecular weight is 287 g/mol. The molecule has 0 aliphatic rings. The Bertz CT molecular complexity index is 109. The SMILES string of the molecule is CCCNC(=NC)NCCO.I. The van der Waals surface area contributed by atoms with E-state index in [2.05, 4.69) is 22.5 Å². The number of aliphatic hydroxyl groups is 1. The van der Waals surface area contributed by atoms with Crippen LogP contribution in [0, 0.1) is 0 Å². The fourth-order valence-corrected chi connectivity index (χ4v) is 0.638. The normalized spacial score (nSPS) is 10.4. The maximum Gasteiger partial charge on any atom is 0.191 e. The van der Waals surface area contributed by atoms with Gasteiger partial charge in [0.15, 0.2) is 5.96 Å². The summed E-state index contributed by atoms with van der Waals surface area (Å²) in [5.74, 6) is 0.751. The largest absolute Gasteiger partial charge is 0.395 e. The van der Waals surface area contributed by atoms with E-state index in [0.29, 0.717) is 6.54 Å². The van der Waals surface area contributed by atoms with Crippen molar-refractivity contribution in [2.45, 2.75) is 13.3 Å². The van der Waals surface area contributed by atoms with Gasteiger partial charge in [-0.2, -0.15) is 0 Å². The van der Waals surface area contributed by atoms with Gasteiger partial charge in [0.2, 0.25) is 0 Å². The van der Waals surface area contributed by atoms with Gasteiger partial charge in [-0.05, 0) is 6.42 Å². The fraction of sp³-hybridized carbons (Fsp3) is 0.857. The molecule has 0 spiro atoms. The van der Waals surface area contributed by atoms with E-state index in [1.54, 1.807) is 7.05 Å². The number of halogens is 1. The van der Waals surface area contributed by atoms with Crippen LogP contribution in [-0.4, -0.2) is 37.8 Å². The average Bonchev–Trinajstić information content (AvgIpc) is 2.05. The van der Waals surface area contributed by atoms with Crippen LogP contribution >= 0.6 is 24.0 Å². The third kappa shape index (κ3) is 8.06. The molecule has 0 aliphatic carbocycles. The molecule has 0 aromatic heterocycles. The molecule has 0 aliphatic heterocycles. The quantitative estimate of drug-likeness (QED) is 0.392. The van der Waals surface area contributed by atoms with Crippen LogP contribution in [0.5, 0.6) is 0 Å². The Morgan fingerprint density at radius 3 is 2.33 bits per heavy atom. The lowest BCUT2D eigenvalue weighted by Gasteiger charge is -2.08. The number of rotatable bonds is 4. The first-order valence-corrected chi connectivity index (χ1v) is 3.90. The molecule has 4 nitrogen and oxygen atoms in total. The summed E-state index contributed by atoms with van der Waals surface area (Å²) in [6.07, 6.45) is 1.07. The molecule has 0 rings (SSSR count). The first-order valence-electron chi connectivity index (χ1n) is 3.90. The Kier molecular flexibility index (Phi) is 13.2. The number of hydrogen-bond acceptors (Lipinski definition) is 2. The molecule has 0 aromatic carbocycles. The Morgan fingerprint density at radius 1 is 1.33 bits per heavy atom. The van der Waals surface area contributed by atoms with Crippen molar-refractivity contribution < 1.29 is 5.11 Å². The van der Waals surface area contributed by atoms with Crippen LogP contribution in [0.4, 0.5) is 0 Å². The molecule has 0 atom stereocenters. The summed E-state index contributed by atoms with van der Waals surface area (Å²) in [6.45, 7) is 3.67. The Morgan fingerprint density at radius 2 is 1.92 bits per heavy atom. The zero-order valence-electron chi connectivity index (χ0n) is 7.63. The number of aliphatic imine (C=N–C) groups is 1. The van der Waals surface area contributed by atoms with E-state index in [9.17, 15) is 0 Å². The molecule has 0 saturated heterocycles. The van der Waals surface area contributed by atoms with Crippen molar-refractivity contribution in [3.8, 4) is 0 Å². The summed E-state index contributed by atoms with van der Waals surface area (Å²) in [4.78, 5) is 3.95. The highest BCUT2D eigenvalue weighted by Crippen LogP contribution is 1.71. The van der Waals surface area contributed by atoms with Gasteiger partial charge in [-0.3, -0.25) is 4.99 Å². The van der Waals surface area contributed by atoms with Gasteiger partial charge in [0, 0.05) is 20.1 Å². The van der Waals surface area contributed by atoms with Crippen molar-refractivity contribution in [2.24, 2.45) is 4.99 Å². The van der Waals surface area contributed by atoms with E-state index < -0.39 is 0 Å².